The second-order valence-electron chi connectivity index (χ2n) is 5.32. The Hall–Kier alpha value is -1.08. The van der Waals surface area contributed by atoms with Gasteiger partial charge in [0.25, 0.3) is 0 Å². The zero-order valence-corrected chi connectivity index (χ0v) is 9.57. The Kier molecular flexibility index (Phi) is 2.43. The van der Waals surface area contributed by atoms with Crippen LogP contribution in [0.15, 0.2) is 30.3 Å². The minimum absolute atomic E-state index is 0.101. The van der Waals surface area contributed by atoms with Crippen LogP contribution in [-0.2, 0) is 0 Å². The largest absolute Gasteiger partial charge is 0.388 e. The van der Waals surface area contributed by atoms with Crippen LogP contribution in [0.1, 0.15) is 38.0 Å². The monoisotopic (exact) mass is 202 g/mol. The number of benzene rings is 1. The summed E-state index contributed by atoms with van der Waals surface area (Å²) in [5.74, 6) is 0.201. The number of aliphatic hydroxyl groups is 1. The van der Waals surface area contributed by atoms with Gasteiger partial charge in [-0.15, -0.1) is 0 Å². The Labute approximate surface area is 91.4 Å². The molecule has 0 amide bonds. The Morgan fingerprint density at radius 2 is 1.80 bits per heavy atom. The minimum Gasteiger partial charge on any atom is -0.388 e. The molecule has 1 aromatic carbocycles. The second kappa shape index (κ2) is 3.49. The Balaban J connectivity index is 2.42. The van der Waals surface area contributed by atoms with Crippen molar-refractivity contribution in [3.05, 3.63) is 41.5 Å². The van der Waals surface area contributed by atoms with Crippen molar-refractivity contribution in [3.63, 3.8) is 0 Å². The van der Waals surface area contributed by atoms with E-state index >= 15 is 0 Å². The first-order valence-electron chi connectivity index (χ1n) is 5.45. The van der Waals surface area contributed by atoms with Crippen LogP contribution in [0.3, 0.4) is 0 Å². The van der Waals surface area contributed by atoms with E-state index in [1.807, 2.05) is 24.3 Å². The molecule has 0 aromatic heterocycles. The first-order valence-corrected chi connectivity index (χ1v) is 5.45. The normalized spacial score (nSPS) is 25.1. The van der Waals surface area contributed by atoms with Gasteiger partial charge in [-0.05, 0) is 16.5 Å². The predicted molar refractivity (Wildman–Crippen MR) is 63.4 cm³/mol. The number of fused-ring (bicyclic) bond motifs is 1. The van der Waals surface area contributed by atoms with E-state index in [0.29, 0.717) is 0 Å². The summed E-state index contributed by atoms with van der Waals surface area (Å²) in [4.78, 5) is 0. The maximum Gasteiger partial charge on any atom is 0.0863 e. The summed E-state index contributed by atoms with van der Waals surface area (Å²) in [6, 6.07) is 8.06. The summed E-state index contributed by atoms with van der Waals surface area (Å²) < 4.78 is 0. The molecule has 2 rings (SSSR count). The summed E-state index contributed by atoms with van der Waals surface area (Å²) in [5.41, 5.74) is 2.30. The summed E-state index contributed by atoms with van der Waals surface area (Å²) in [6.45, 7) is 6.50. The molecule has 0 bridgehead atoms. The van der Waals surface area contributed by atoms with Crippen molar-refractivity contribution in [2.24, 2.45) is 11.3 Å². The lowest BCUT2D eigenvalue weighted by Crippen LogP contribution is -2.27. The van der Waals surface area contributed by atoms with Crippen LogP contribution in [0.25, 0.3) is 6.08 Å². The minimum atomic E-state index is -0.369. The molecular formula is C14H18O. The van der Waals surface area contributed by atoms with Crippen LogP contribution in [0, 0.1) is 11.3 Å². The molecule has 2 atom stereocenters. The van der Waals surface area contributed by atoms with E-state index in [4.69, 9.17) is 0 Å². The summed E-state index contributed by atoms with van der Waals surface area (Å²) in [6.07, 6.45) is 3.89. The lowest BCUT2D eigenvalue weighted by molar-refractivity contribution is 0.0698. The quantitative estimate of drug-likeness (QED) is 0.683. The highest BCUT2D eigenvalue weighted by molar-refractivity contribution is 5.57. The highest BCUT2D eigenvalue weighted by Gasteiger charge is 2.32. The summed E-state index contributed by atoms with van der Waals surface area (Å²) >= 11 is 0. The molecule has 0 heterocycles. The fourth-order valence-electron chi connectivity index (χ4n) is 2.20. The third-order valence-corrected chi connectivity index (χ3v) is 3.14. The molecule has 0 unspecified atom stereocenters. The van der Waals surface area contributed by atoms with Crippen molar-refractivity contribution in [1.29, 1.82) is 0 Å². The van der Waals surface area contributed by atoms with Gasteiger partial charge in [-0.1, -0.05) is 57.2 Å². The van der Waals surface area contributed by atoms with Crippen LogP contribution in [0.4, 0.5) is 0 Å². The van der Waals surface area contributed by atoms with Crippen molar-refractivity contribution in [1.82, 2.24) is 0 Å². The van der Waals surface area contributed by atoms with Crippen LogP contribution >= 0.6 is 0 Å². The maximum atomic E-state index is 10.3. The van der Waals surface area contributed by atoms with Gasteiger partial charge in [0.15, 0.2) is 0 Å². The van der Waals surface area contributed by atoms with E-state index < -0.39 is 0 Å². The molecule has 1 aliphatic carbocycles. The average Bonchev–Trinajstić information content (AvgIpc) is 2.16. The van der Waals surface area contributed by atoms with Gasteiger partial charge in [-0.3, -0.25) is 0 Å². The molecule has 0 aliphatic heterocycles. The molecule has 1 nitrogen and oxygen atoms in total. The predicted octanol–water partition coefficient (Wildman–Crippen LogP) is 3.41. The molecule has 15 heavy (non-hydrogen) atoms. The third kappa shape index (κ3) is 1.84. The molecule has 1 aliphatic rings. The molecular weight excluding hydrogens is 184 g/mol. The highest BCUT2D eigenvalue weighted by atomic mass is 16.3. The van der Waals surface area contributed by atoms with E-state index in [-0.39, 0.29) is 17.4 Å². The molecule has 1 heteroatoms. The first-order chi connectivity index (χ1) is 7.00. The SMILES string of the molecule is CC(C)(C)[C@@H]1C=Cc2ccccc2[C@H]1O. The van der Waals surface area contributed by atoms with Crippen LogP contribution in [-0.4, -0.2) is 5.11 Å². The van der Waals surface area contributed by atoms with Crippen LogP contribution in [0.5, 0.6) is 0 Å². The van der Waals surface area contributed by atoms with Crippen molar-refractivity contribution >= 4 is 6.08 Å². The first kappa shape index (κ1) is 10.4. The van der Waals surface area contributed by atoms with Crippen molar-refractivity contribution in [2.75, 3.05) is 0 Å². The molecule has 1 N–H and O–H groups in total. The van der Waals surface area contributed by atoms with Gasteiger partial charge in [0.2, 0.25) is 0 Å². The lowest BCUT2D eigenvalue weighted by Gasteiger charge is -2.35. The molecule has 0 spiro atoms. The van der Waals surface area contributed by atoms with Crippen LogP contribution < -0.4 is 0 Å². The maximum absolute atomic E-state index is 10.3. The fourth-order valence-corrected chi connectivity index (χ4v) is 2.20. The van der Waals surface area contributed by atoms with Gasteiger partial charge in [0, 0.05) is 5.92 Å². The fraction of sp³-hybridized carbons (Fsp3) is 0.429. The van der Waals surface area contributed by atoms with Gasteiger partial charge in [0.1, 0.15) is 0 Å². The Bertz CT molecular complexity index is 385. The molecule has 0 saturated heterocycles. The molecule has 0 radical (unpaired) electrons. The smallest absolute Gasteiger partial charge is 0.0863 e. The average molecular weight is 202 g/mol. The lowest BCUT2D eigenvalue weighted by atomic mass is 9.72. The molecule has 80 valence electrons. The second-order valence-corrected chi connectivity index (χ2v) is 5.32. The Morgan fingerprint density at radius 3 is 2.47 bits per heavy atom. The topological polar surface area (TPSA) is 20.2 Å². The summed E-state index contributed by atoms with van der Waals surface area (Å²) in [7, 11) is 0. The van der Waals surface area contributed by atoms with E-state index in [9.17, 15) is 5.11 Å². The zero-order valence-electron chi connectivity index (χ0n) is 9.57. The van der Waals surface area contributed by atoms with Crippen LogP contribution in [0.2, 0.25) is 0 Å². The van der Waals surface area contributed by atoms with Gasteiger partial charge < -0.3 is 5.11 Å². The molecule has 0 saturated carbocycles. The summed E-state index contributed by atoms with van der Waals surface area (Å²) in [5, 5.41) is 10.3. The van der Waals surface area contributed by atoms with Gasteiger partial charge >= 0.3 is 0 Å². The van der Waals surface area contributed by atoms with Crippen molar-refractivity contribution in [2.45, 2.75) is 26.9 Å². The van der Waals surface area contributed by atoms with Gasteiger partial charge in [-0.25, -0.2) is 0 Å². The third-order valence-electron chi connectivity index (χ3n) is 3.14. The van der Waals surface area contributed by atoms with Gasteiger partial charge in [-0.2, -0.15) is 0 Å². The molecule has 1 aromatic rings. The van der Waals surface area contributed by atoms with E-state index in [2.05, 4.69) is 32.9 Å². The number of rotatable bonds is 0. The number of aliphatic hydroxyl groups excluding tert-OH is 1. The van der Waals surface area contributed by atoms with Crippen molar-refractivity contribution < 1.29 is 5.11 Å². The zero-order chi connectivity index (χ0) is 11.1. The number of hydrogen-bond donors (Lipinski definition) is 1. The van der Waals surface area contributed by atoms with Gasteiger partial charge in [0.05, 0.1) is 6.10 Å². The Morgan fingerprint density at radius 1 is 1.13 bits per heavy atom. The van der Waals surface area contributed by atoms with Crippen molar-refractivity contribution in [3.8, 4) is 0 Å². The van der Waals surface area contributed by atoms with E-state index in [1.165, 1.54) is 0 Å². The van der Waals surface area contributed by atoms with E-state index in [1.54, 1.807) is 0 Å². The molecule has 0 fully saturated rings. The highest BCUT2D eigenvalue weighted by Crippen LogP contribution is 2.41. The number of hydrogen-bond acceptors (Lipinski definition) is 1. The standard InChI is InChI=1S/C14H18O/c1-14(2,3)12-9-8-10-6-4-5-7-11(10)13(12)15/h4-9,12-13,15H,1-3H3/t12-,13-/m1/s1. The van der Waals surface area contributed by atoms with E-state index in [0.717, 1.165) is 11.1 Å².